The number of likely N-dealkylation sites (N-methyl/N-ethyl adjacent to an activating group) is 1. The molecule has 1 amide bonds. The molecule has 0 atom stereocenters. The van der Waals surface area contributed by atoms with E-state index in [9.17, 15) is 14.9 Å². The van der Waals surface area contributed by atoms with Gasteiger partial charge < -0.3 is 4.90 Å². The van der Waals surface area contributed by atoms with Crippen LogP contribution in [0.4, 0.5) is 5.69 Å². The van der Waals surface area contributed by atoms with Gasteiger partial charge in [0.15, 0.2) is 0 Å². The Hall–Kier alpha value is -2.76. The molecule has 0 N–H and O–H groups in total. The van der Waals surface area contributed by atoms with Crippen LogP contribution in [0.5, 0.6) is 0 Å². The summed E-state index contributed by atoms with van der Waals surface area (Å²) >= 11 is 0. The molecule has 114 valence electrons. The number of hydrogen-bond acceptors (Lipinski definition) is 4. The van der Waals surface area contributed by atoms with Crippen LogP contribution in [0.3, 0.4) is 0 Å². The normalized spacial score (nSPS) is 10.2. The molecule has 0 aliphatic rings. The molecule has 0 radical (unpaired) electrons. The van der Waals surface area contributed by atoms with Gasteiger partial charge in [0.1, 0.15) is 0 Å². The number of benzene rings is 1. The average Bonchev–Trinajstić information content (AvgIpc) is 2.54. The first kappa shape index (κ1) is 15.6. The van der Waals surface area contributed by atoms with Gasteiger partial charge >= 0.3 is 0 Å². The van der Waals surface area contributed by atoms with Crippen molar-refractivity contribution in [3.8, 4) is 0 Å². The maximum atomic E-state index is 12.1. The number of hydrogen-bond donors (Lipinski definition) is 0. The van der Waals surface area contributed by atoms with Gasteiger partial charge in [-0.1, -0.05) is 18.2 Å². The van der Waals surface area contributed by atoms with Crippen LogP contribution >= 0.6 is 0 Å². The third-order valence-corrected chi connectivity index (χ3v) is 3.36. The van der Waals surface area contributed by atoms with Crippen molar-refractivity contribution in [1.29, 1.82) is 0 Å². The first-order valence-electron chi connectivity index (χ1n) is 6.93. The summed E-state index contributed by atoms with van der Waals surface area (Å²) < 4.78 is 0. The van der Waals surface area contributed by atoms with Crippen LogP contribution in [-0.4, -0.2) is 34.3 Å². The second kappa shape index (κ2) is 7.31. The standard InChI is InChI=1S/C16H17N3O3/c1-18(11-9-14-4-2-3-10-17-14)16(20)12-13-5-7-15(8-6-13)19(21)22/h2-8,10H,9,11-12H2,1H3. The minimum atomic E-state index is -0.454. The molecule has 6 nitrogen and oxygen atoms in total. The topological polar surface area (TPSA) is 76.3 Å². The Labute approximate surface area is 128 Å². The third-order valence-electron chi connectivity index (χ3n) is 3.36. The SMILES string of the molecule is CN(CCc1ccccn1)C(=O)Cc1ccc([N+](=O)[O-])cc1. The van der Waals surface area contributed by atoms with Crippen LogP contribution < -0.4 is 0 Å². The van der Waals surface area contributed by atoms with E-state index < -0.39 is 4.92 Å². The third kappa shape index (κ3) is 4.37. The van der Waals surface area contributed by atoms with Crippen molar-refractivity contribution in [3.63, 3.8) is 0 Å². The van der Waals surface area contributed by atoms with Crippen molar-refractivity contribution >= 4 is 11.6 Å². The van der Waals surface area contributed by atoms with E-state index in [1.165, 1.54) is 12.1 Å². The van der Waals surface area contributed by atoms with Gasteiger partial charge in [-0.25, -0.2) is 0 Å². The molecule has 0 saturated carbocycles. The summed E-state index contributed by atoms with van der Waals surface area (Å²) in [6, 6.07) is 11.8. The van der Waals surface area contributed by atoms with E-state index in [2.05, 4.69) is 4.98 Å². The number of pyridine rings is 1. The number of aromatic nitrogens is 1. The smallest absolute Gasteiger partial charge is 0.269 e. The van der Waals surface area contributed by atoms with E-state index >= 15 is 0 Å². The van der Waals surface area contributed by atoms with E-state index in [0.717, 1.165) is 11.3 Å². The molecule has 2 aromatic rings. The van der Waals surface area contributed by atoms with Gasteiger partial charge in [0.2, 0.25) is 5.91 Å². The highest BCUT2D eigenvalue weighted by atomic mass is 16.6. The largest absolute Gasteiger partial charge is 0.345 e. The Morgan fingerprint density at radius 1 is 1.23 bits per heavy atom. The molecule has 1 aromatic heterocycles. The minimum Gasteiger partial charge on any atom is -0.345 e. The van der Waals surface area contributed by atoms with E-state index in [4.69, 9.17) is 0 Å². The lowest BCUT2D eigenvalue weighted by Gasteiger charge is -2.17. The molecule has 0 saturated heterocycles. The first-order chi connectivity index (χ1) is 10.6. The number of carbonyl (C=O) groups excluding carboxylic acids is 1. The van der Waals surface area contributed by atoms with Crippen molar-refractivity contribution < 1.29 is 9.72 Å². The van der Waals surface area contributed by atoms with Crippen LogP contribution in [0.2, 0.25) is 0 Å². The molecular weight excluding hydrogens is 282 g/mol. The predicted octanol–water partition coefficient (Wildman–Crippen LogP) is 2.23. The molecule has 0 aliphatic heterocycles. The lowest BCUT2D eigenvalue weighted by Crippen LogP contribution is -2.30. The number of non-ortho nitro benzene ring substituents is 1. The number of nitro benzene ring substituents is 1. The summed E-state index contributed by atoms with van der Waals surface area (Å²) in [5, 5.41) is 10.6. The predicted molar refractivity (Wildman–Crippen MR) is 82.4 cm³/mol. The van der Waals surface area contributed by atoms with Gasteiger partial charge in [-0.05, 0) is 17.7 Å². The average molecular weight is 299 g/mol. The van der Waals surface area contributed by atoms with Crippen molar-refractivity contribution in [2.24, 2.45) is 0 Å². The van der Waals surface area contributed by atoms with Crippen molar-refractivity contribution in [2.45, 2.75) is 12.8 Å². The molecule has 22 heavy (non-hydrogen) atoms. The zero-order valence-corrected chi connectivity index (χ0v) is 12.3. The number of nitrogens with zero attached hydrogens (tertiary/aromatic N) is 3. The van der Waals surface area contributed by atoms with Crippen molar-refractivity contribution in [2.75, 3.05) is 13.6 Å². The van der Waals surface area contributed by atoms with Crippen LogP contribution in [-0.2, 0) is 17.6 Å². The fraction of sp³-hybridized carbons (Fsp3) is 0.250. The molecule has 0 fully saturated rings. The number of amides is 1. The Bertz CT molecular complexity index is 641. The Balaban J connectivity index is 1.87. The molecule has 1 aromatic carbocycles. The quantitative estimate of drug-likeness (QED) is 0.605. The van der Waals surface area contributed by atoms with Gasteiger partial charge in [0, 0.05) is 44.0 Å². The molecule has 0 unspecified atom stereocenters. The van der Waals surface area contributed by atoms with Crippen LogP contribution in [0, 0.1) is 10.1 Å². The highest BCUT2D eigenvalue weighted by Crippen LogP contribution is 2.12. The van der Waals surface area contributed by atoms with E-state index in [1.54, 1.807) is 30.3 Å². The minimum absolute atomic E-state index is 0.0233. The highest BCUT2D eigenvalue weighted by Gasteiger charge is 2.11. The number of carbonyl (C=O) groups is 1. The Kier molecular flexibility index (Phi) is 5.19. The summed E-state index contributed by atoms with van der Waals surface area (Å²) in [5.74, 6) is -0.0233. The second-order valence-electron chi connectivity index (χ2n) is 4.99. The lowest BCUT2D eigenvalue weighted by atomic mass is 10.1. The lowest BCUT2D eigenvalue weighted by molar-refractivity contribution is -0.384. The van der Waals surface area contributed by atoms with Crippen LogP contribution in [0.1, 0.15) is 11.3 Å². The van der Waals surface area contributed by atoms with Crippen LogP contribution in [0.25, 0.3) is 0 Å². The zero-order valence-electron chi connectivity index (χ0n) is 12.3. The maximum Gasteiger partial charge on any atom is 0.269 e. The van der Waals surface area contributed by atoms with Gasteiger partial charge in [-0.15, -0.1) is 0 Å². The summed E-state index contributed by atoms with van der Waals surface area (Å²) in [4.78, 5) is 28.1. The Morgan fingerprint density at radius 3 is 2.55 bits per heavy atom. The first-order valence-corrected chi connectivity index (χ1v) is 6.93. The molecule has 0 bridgehead atoms. The van der Waals surface area contributed by atoms with Gasteiger partial charge in [-0.2, -0.15) is 0 Å². The van der Waals surface area contributed by atoms with E-state index in [0.29, 0.717) is 13.0 Å². The number of nitro groups is 1. The summed E-state index contributed by atoms with van der Waals surface area (Å²) in [5.41, 5.74) is 1.73. The molecule has 2 rings (SSSR count). The zero-order chi connectivity index (χ0) is 15.9. The van der Waals surface area contributed by atoms with Crippen LogP contribution in [0.15, 0.2) is 48.7 Å². The fourth-order valence-electron chi connectivity index (χ4n) is 2.00. The molecule has 1 heterocycles. The highest BCUT2D eigenvalue weighted by molar-refractivity contribution is 5.78. The molecule has 6 heteroatoms. The molecular formula is C16H17N3O3. The summed E-state index contributed by atoms with van der Waals surface area (Å²) in [7, 11) is 1.75. The van der Waals surface area contributed by atoms with Crippen molar-refractivity contribution in [1.82, 2.24) is 9.88 Å². The van der Waals surface area contributed by atoms with E-state index in [-0.39, 0.29) is 18.0 Å². The van der Waals surface area contributed by atoms with Gasteiger partial charge in [-0.3, -0.25) is 19.9 Å². The number of rotatable bonds is 6. The van der Waals surface area contributed by atoms with E-state index in [1.807, 2.05) is 18.2 Å². The summed E-state index contributed by atoms with van der Waals surface area (Å²) in [6.07, 6.45) is 2.66. The summed E-state index contributed by atoms with van der Waals surface area (Å²) in [6.45, 7) is 0.586. The maximum absolute atomic E-state index is 12.1. The molecule has 0 aliphatic carbocycles. The van der Waals surface area contributed by atoms with Gasteiger partial charge in [0.25, 0.3) is 5.69 Å². The van der Waals surface area contributed by atoms with Gasteiger partial charge in [0.05, 0.1) is 11.3 Å². The van der Waals surface area contributed by atoms with Crippen molar-refractivity contribution in [3.05, 3.63) is 70.0 Å². The Morgan fingerprint density at radius 2 is 1.95 bits per heavy atom. The monoisotopic (exact) mass is 299 g/mol. The molecule has 0 spiro atoms. The fourth-order valence-corrected chi connectivity index (χ4v) is 2.00. The second-order valence-corrected chi connectivity index (χ2v) is 4.99.